The fourth-order valence-electron chi connectivity index (χ4n) is 0.621. The largest absolute Gasteiger partial charge is 0.225 e. The van der Waals surface area contributed by atoms with Crippen molar-refractivity contribution >= 4 is 11.8 Å². The van der Waals surface area contributed by atoms with E-state index in [1.807, 2.05) is 0 Å². The van der Waals surface area contributed by atoms with Crippen LogP contribution in [0, 0.1) is 0 Å². The SMILES string of the molecule is CCC(CC)SC[O]. The van der Waals surface area contributed by atoms with Gasteiger partial charge in [-0.05, 0) is 12.8 Å². The lowest BCUT2D eigenvalue weighted by atomic mass is 10.3. The molecule has 8 heavy (non-hydrogen) atoms. The highest BCUT2D eigenvalue weighted by Gasteiger charge is 2.00. The van der Waals surface area contributed by atoms with Crippen molar-refractivity contribution in [1.29, 1.82) is 0 Å². The maximum Gasteiger partial charge on any atom is 0.128 e. The summed E-state index contributed by atoms with van der Waals surface area (Å²) in [5, 5.41) is 10.6. The van der Waals surface area contributed by atoms with Crippen LogP contribution < -0.4 is 0 Å². The minimum absolute atomic E-state index is 0.0202. The highest BCUT2D eigenvalue weighted by molar-refractivity contribution is 7.99. The number of hydrogen-bond donors (Lipinski definition) is 0. The molecule has 0 heterocycles. The Labute approximate surface area is 55.5 Å². The van der Waals surface area contributed by atoms with Gasteiger partial charge in [0, 0.05) is 5.25 Å². The second kappa shape index (κ2) is 5.45. The summed E-state index contributed by atoms with van der Waals surface area (Å²) >= 11 is 1.52. The summed E-state index contributed by atoms with van der Waals surface area (Å²) in [5.74, 6) is 0.0202. The van der Waals surface area contributed by atoms with E-state index in [4.69, 9.17) is 0 Å². The Balaban J connectivity index is 3.07. The fourth-order valence-corrected chi connectivity index (χ4v) is 1.28. The molecule has 49 valence electrons. The Morgan fingerprint density at radius 3 is 2.00 bits per heavy atom. The summed E-state index contributed by atoms with van der Waals surface area (Å²) in [6.45, 7) is 4.24. The Morgan fingerprint density at radius 2 is 1.88 bits per heavy atom. The molecule has 0 aromatic heterocycles. The fraction of sp³-hybridized carbons (Fsp3) is 1.00. The zero-order chi connectivity index (χ0) is 6.41. The number of thioether (sulfide) groups is 1. The van der Waals surface area contributed by atoms with Gasteiger partial charge in [-0.2, -0.15) is 0 Å². The second-order valence-electron chi connectivity index (χ2n) is 1.72. The van der Waals surface area contributed by atoms with Crippen LogP contribution in [0.2, 0.25) is 0 Å². The molecular weight excluding hydrogens is 120 g/mol. The molecule has 0 aliphatic rings. The van der Waals surface area contributed by atoms with Gasteiger partial charge in [0.1, 0.15) is 5.94 Å². The summed E-state index contributed by atoms with van der Waals surface area (Å²) in [4.78, 5) is 0. The average Bonchev–Trinajstić information content (AvgIpc) is 1.83. The van der Waals surface area contributed by atoms with Crippen LogP contribution in [0.15, 0.2) is 0 Å². The first-order valence-electron chi connectivity index (χ1n) is 3.04. The summed E-state index contributed by atoms with van der Waals surface area (Å²) in [5.41, 5.74) is 0. The first-order chi connectivity index (χ1) is 3.85. The van der Waals surface area contributed by atoms with Crippen molar-refractivity contribution in [3.05, 3.63) is 0 Å². The van der Waals surface area contributed by atoms with E-state index >= 15 is 0 Å². The molecule has 0 aromatic carbocycles. The maximum absolute atomic E-state index is 10.0. The molecule has 0 rings (SSSR count). The molecule has 0 saturated carbocycles. The van der Waals surface area contributed by atoms with Crippen molar-refractivity contribution in [2.75, 3.05) is 5.94 Å². The summed E-state index contributed by atoms with van der Waals surface area (Å²) in [6.07, 6.45) is 2.26. The molecule has 0 spiro atoms. The molecule has 0 aliphatic carbocycles. The highest BCUT2D eigenvalue weighted by atomic mass is 32.2. The molecule has 0 saturated heterocycles. The van der Waals surface area contributed by atoms with Crippen LogP contribution in [0.5, 0.6) is 0 Å². The zero-order valence-corrected chi connectivity index (χ0v) is 6.33. The quantitative estimate of drug-likeness (QED) is 0.539. The highest BCUT2D eigenvalue weighted by Crippen LogP contribution is 2.15. The maximum atomic E-state index is 10.0. The molecule has 0 aromatic rings. The van der Waals surface area contributed by atoms with Crippen LogP contribution in [0.4, 0.5) is 0 Å². The van der Waals surface area contributed by atoms with Crippen molar-refractivity contribution in [3.8, 4) is 0 Å². The van der Waals surface area contributed by atoms with Crippen molar-refractivity contribution in [2.24, 2.45) is 0 Å². The third-order valence-electron chi connectivity index (χ3n) is 1.21. The first-order valence-corrected chi connectivity index (χ1v) is 4.09. The molecule has 0 amide bonds. The van der Waals surface area contributed by atoms with E-state index in [1.165, 1.54) is 11.8 Å². The summed E-state index contributed by atoms with van der Waals surface area (Å²) in [6, 6.07) is 0. The Bertz CT molecular complexity index is 43.8. The van der Waals surface area contributed by atoms with Gasteiger partial charge in [0.2, 0.25) is 0 Å². The molecule has 0 unspecified atom stereocenters. The Kier molecular flexibility index (Phi) is 5.66. The molecule has 0 fully saturated rings. The first kappa shape index (κ1) is 8.31. The smallest absolute Gasteiger partial charge is 0.128 e. The third kappa shape index (κ3) is 3.33. The standard InChI is InChI=1S/C6H13OS/c1-3-6(4-2)8-5-7/h6H,3-5H2,1-2H3. The summed E-state index contributed by atoms with van der Waals surface area (Å²) in [7, 11) is 0. The van der Waals surface area contributed by atoms with Crippen LogP contribution in [0.3, 0.4) is 0 Å². The number of rotatable bonds is 4. The number of hydrogen-bond acceptors (Lipinski definition) is 1. The van der Waals surface area contributed by atoms with E-state index in [1.54, 1.807) is 0 Å². The minimum Gasteiger partial charge on any atom is -0.225 e. The predicted molar refractivity (Wildman–Crippen MR) is 37.5 cm³/mol. The van der Waals surface area contributed by atoms with Crippen LogP contribution in [0.1, 0.15) is 26.7 Å². The Hall–Kier alpha value is 0.310. The van der Waals surface area contributed by atoms with Crippen molar-refractivity contribution in [2.45, 2.75) is 31.9 Å². The molecular formula is C6H13OS. The normalized spacial score (nSPS) is 10.5. The molecule has 1 radical (unpaired) electrons. The van der Waals surface area contributed by atoms with E-state index in [-0.39, 0.29) is 5.94 Å². The van der Waals surface area contributed by atoms with Gasteiger partial charge in [-0.1, -0.05) is 13.8 Å². The lowest BCUT2D eigenvalue weighted by molar-refractivity contribution is 0.260. The zero-order valence-electron chi connectivity index (χ0n) is 5.52. The Morgan fingerprint density at radius 1 is 1.38 bits per heavy atom. The lowest BCUT2D eigenvalue weighted by Gasteiger charge is -2.06. The third-order valence-corrected chi connectivity index (χ3v) is 2.49. The van der Waals surface area contributed by atoms with E-state index in [0.717, 1.165) is 12.8 Å². The van der Waals surface area contributed by atoms with Gasteiger partial charge in [0.15, 0.2) is 0 Å². The van der Waals surface area contributed by atoms with E-state index < -0.39 is 0 Å². The lowest BCUT2D eigenvalue weighted by Crippen LogP contribution is -1.97. The van der Waals surface area contributed by atoms with Crippen LogP contribution in [-0.2, 0) is 5.11 Å². The second-order valence-corrected chi connectivity index (χ2v) is 2.96. The molecule has 0 bridgehead atoms. The van der Waals surface area contributed by atoms with E-state index in [9.17, 15) is 5.11 Å². The van der Waals surface area contributed by atoms with Gasteiger partial charge in [-0.15, -0.1) is 11.8 Å². The average molecular weight is 133 g/mol. The van der Waals surface area contributed by atoms with Gasteiger partial charge >= 0.3 is 0 Å². The minimum atomic E-state index is 0.0202. The van der Waals surface area contributed by atoms with Gasteiger partial charge in [0.25, 0.3) is 0 Å². The van der Waals surface area contributed by atoms with Gasteiger partial charge in [0.05, 0.1) is 0 Å². The van der Waals surface area contributed by atoms with Crippen molar-refractivity contribution in [1.82, 2.24) is 0 Å². The van der Waals surface area contributed by atoms with E-state index in [2.05, 4.69) is 13.8 Å². The van der Waals surface area contributed by atoms with Gasteiger partial charge in [-0.3, -0.25) is 0 Å². The molecule has 0 atom stereocenters. The predicted octanol–water partition coefficient (Wildman–Crippen LogP) is 2.30. The van der Waals surface area contributed by atoms with Gasteiger partial charge < -0.3 is 0 Å². The monoisotopic (exact) mass is 133 g/mol. The molecule has 2 heteroatoms. The van der Waals surface area contributed by atoms with Crippen LogP contribution in [-0.4, -0.2) is 11.2 Å². The summed E-state index contributed by atoms with van der Waals surface area (Å²) < 4.78 is 0. The topological polar surface area (TPSA) is 19.9 Å². The van der Waals surface area contributed by atoms with Crippen LogP contribution >= 0.6 is 11.8 Å². The molecule has 0 aliphatic heterocycles. The van der Waals surface area contributed by atoms with Crippen molar-refractivity contribution < 1.29 is 5.11 Å². The van der Waals surface area contributed by atoms with Gasteiger partial charge in [-0.25, -0.2) is 5.11 Å². The van der Waals surface area contributed by atoms with Crippen LogP contribution in [0.25, 0.3) is 0 Å². The van der Waals surface area contributed by atoms with E-state index in [0.29, 0.717) is 5.25 Å². The molecule has 1 nitrogen and oxygen atoms in total. The van der Waals surface area contributed by atoms with Crippen molar-refractivity contribution in [3.63, 3.8) is 0 Å². The molecule has 0 N–H and O–H groups in total.